The molecule has 1 N–H and O–H groups in total. The molecule has 0 bridgehead atoms. The van der Waals surface area contributed by atoms with Gasteiger partial charge in [0.1, 0.15) is 5.75 Å². The maximum atomic E-state index is 12.2. The van der Waals surface area contributed by atoms with Crippen molar-refractivity contribution in [3.05, 3.63) is 59.2 Å². The summed E-state index contributed by atoms with van der Waals surface area (Å²) in [6.45, 7) is 4.25. The highest BCUT2D eigenvalue weighted by Crippen LogP contribution is 2.30. The predicted octanol–water partition coefficient (Wildman–Crippen LogP) is 3.56. The molecule has 0 radical (unpaired) electrons. The van der Waals surface area contributed by atoms with Crippen LogP contribution < -0.4 is 15.0 Å². The molecule has 1 aliphatic rings. The van der Waals surface area contributed by atoms with Crippen LogP contribution in [-0.4, -0.2) is 25.5 Å². The number of fused-ring (bicyclic) bond motifs is 1. The van der Waals surface area contributed by atoms with Crippen molar-refractivity contribution in [2.75, 3.05) is 23.9 Å². The van der Waals surface area contributed by atoms with E-state index >= 15 is 0 Å². The molecule has 0 spiro atoms. The van der Waals surface area contributed by atoms with Gasteiger partial charge in [0, 0.05) is 36.5 Å². The fourth-order valence-electron chi connectivity index (χ4n) is 3.14. The average Bonchev–Trinajstić information content (AvgIpc) is 3.03. The van der Waals surface area contributed by atoms with Gasteiger partial charge in [0.2, 0.25) is 11.8 Å². The van der Waals surface area contributed by atoms with Gasteiger partial charge >= 0.3 is 0 Å². The highest BCUT2D eigenvalue weighted by Gasteiger charge is 2.22. The molecule has 2 aromatic carbocycles. The van der Waals surface area contributed by atoms with Gasteiger partial charge in [0.25, 0.3) is 0 Å². The van der Waals surface area contributed by atoms with E-state index in [2.05, 4.69) is 5.32 Å². The number of methoxy groups -OCH3 is 1. The van der Waals surface area contributed by atoms with Gasteiger partial charge in [-0.05, 0) is 55.3 Å². The van der Waals surface area contributed by atoms with E-state index in [1.54, 1.807) is 25.0 Å². The molecule has 0 saturated heterocycles. The lowest BCUT2D eigenvalue weighted by molar-refractivity contribution is -0.116. The molecule has 0 fully saturated rings. The summed E-state index contributed by atoms with van der Waals surface area (Å²) in [5.41, 5.74) is 4.67. The number of anilines is 2. The van der Waals surface area contributed by atoms with Crippen LogP contribution in [0.4, 0.5) is 11.4 Å². The first kappa shape index (κ1) is 17.7. The van der Waals surface area contributed by atoms with Crippen LogP contribution in [0.1, 0.15) is 23.6 Å². The smallest absolute Gasteiger partial charge is 0.248 e. The molecule has 3 rings (SSSR count). The number of carbonyl (C=O) groups is 2. The van der Waals surface area contributed by atoms with Crippen LogP contribution in [0.3, 0.4) is 0 Å². The lowest BCUT2D eigenvalue weighted by atomic mass is 10.1. The van der Waals surface area contributed by atoms with Crippen LogP contribution >= 0.6 is 0 Å². The number of rotatable bonds is 4. The van der Waals surface area contributed by atoms with E-state index in [1.807, 2.05) is 43.3 Å². The molecule has 0 aliphatic carbocycles. The lowest BCUT2D eigenvalue weighted by Crippen LogP contribution is -2.25. The summed E-state index contributed by atoms with van der Waals surface area (Å²) < 4.78 is 5.32. The van der Waals surface area contributed by atoms with E-state index in [0.717, 1.165) is 40.2 Å². The van der Waals surface area contributed by atoms with E-state index < -0.39 is 0 Å². The minimum absolute atomic E-state index is 0.0376. The van der Waals surface area contributed by atoms with Crippen molar-refractivity contribution in [3.63, 3.8) is 0 Å². The fraction of sp³-hybridized carbons (Fsp3) is 0.238. The largest absolute Gasteiger partial charge is 0.496 e. The standard InChI is InChI=1S/C21H22N2O3/c1-14-4-8-20(26-3)17(12-14)5-9-21(25)22-18-6-7-19-16(13-18)10-11-23(19)15(2)24/h4-9,12-13H,10-11H2,1-3H3,(H,22,25)/b9-5+. The number of nitrogens with zero attached hydrogens (tertiary/aromatic N) is 1. The number of hydrogen-bond acceptors (Lipinski definition) is 3. The molecule has 1 aliphatic heterocycles. The maximum absolute atomic E-state index is 12.2. The van der Waals surface area contributed by atoms with E-state index in [-0.39, 0.29) is 11.8 Å². The van der Waals surface area contributed by atoms with Gasteiger partial charge in [-0.2, -0.15) is 0 Å². The first-order chi connectivity index (χ1) is 12.5. The van der Waals surface area contributed by atoms with Crippen molar-refractivity contribution in [1.29, 1.82) is 0 Å². The highest BCUT2D eigenvalue weighted by molar-refractivity contribution is 6.02. The highest BCUT2D eigenvalue weighted by atomic mass is 16.5. The van der Waals surface area contributed by atoms with Gasteiger partial charge in [-0.25, -0.2) is 0 Å². The first-order valence-electron chi connectivity index (χ1n) is 8.52. The Balaban J connectivity index is 1.71. The SMILES string of the molecule is COc1ccc(C)cc1/C=C/C(=O)Nc1ccc2c(c1)CCN2C(C)=O. The van der Waals surface area contributed by atoms with Gasteiger partial charge in [-0.3, -0.25) is 9.59 Å². The van der Waals surface area contributed by atoms with Crippen LogP contribution in [0.25, 0.3) is 6.08 Å². The third-order valence-corrected chi connectivity index (χ3v) is 4.42. The van der Waals surface area contributed by atoms with Gasteiger partial charge in [-0.1, -0.05) is 11.6 Å². The van der Waals surface area contributed by atoms with Gasteiger partial charge < -0.3 is 15.0 Å². The first-order valence-corrected chi connectivity index (χ1v) is 8.52. The Kier molecular flexibility index (Phi) is 5.07. The Morgan fingerprint density at radius 1 is 1.19 bits per heavy atom. The quantitative estimate of drug-likeness (QED) is 0.858. The number of aryl methyl sites for hydroxylation is 1. The Morgan fingerprint density at radius 3 is 2.73 bits per heavy atom. The second kappa shape index (κ2) is 7.44. The van der Waals surface area contributed by atoms with Gasteiger partial charge in [-0.15, -0.1) is 0 Å². The summed E-state index contributed by atoms with van der Waals surface area (Å²) >= 11 is 0. The third-order valence-electron chi connectivity index (χ3n) is 4.42. The molecule has 2 aromatic rings. The van der Waals surface area contributed by atoms with Crippen molar-refractivity contribution in [2.45, 2.75) is 20.3 Å². The van der Waals surface area contributed by atoms with E-state index in [9.17, 15) is 9.59 Å². The maximum Gasteiger partial charge on any atom is 0.248 e. The Bertz CT molecular complexity index is 887. The summed E-state index contributed by atoms with van der Waals surface area (Å²) in [7, 11) is 1.61. The Hall–Kier alpha value is -3.08. The summed E-state index contributed by atoms with van der Waals surface area (Å²) in [4.78, 5) is 25.6. The number of amides is 2. The summed E-state index contributed by atoms with van der Waals surface area (Å²) in [6.07, 6.45) is 4.04. The fourth-order valence-corrected chi connectivity index (χ4v) is 3.14. The van der Waals surface area contributed by atoms with Crippen LogP contribution in [0.5, 0.6) is 5.75 Å². The van der Waals surface area contributed by atoms with E-state index in [1.165, 1.54) is 6.08 Å². The van der Waals surface area contributed by atoms with E-state index in [4.69, 9.17) is 4.74 Å². The summed E-state index contributed by atoms with van der Waals surface area (Å²) in [6, 6.07) is 11.4. The molecule has 0 saturated carbocycles. The minimum atomic E-state index is -0.213. The minimum Gasteiger partial charge on any atom is -0.496 e. The van der Waals surface area contributed by atoms with Crippen molar-refractivity contribution >= 4 is 29.3 Å². The molecule has 0 unspecified atom stereocenters. The monoisotopic (exact) mass is 350 g/mol. The van der Waals surface area contributed by atoms with Gasteiger partial charge in [0.15, 0.2) is 0 Å². The number of carbonyl (C=O) groups excluding carboxylic acids is 2. The molecular weight excluding hydrogens is 328 g/mol. The van der Waals surface area contributed by atoms with Crippen molar-refractivity contribution in [1.82, 2.24) is 0 Å². The van der Waals surface area contributed by atoms with Crippen molar-refractivity contribution < 1.29 is 14.3 Å². The van der Waals surface area contributed by atoms with Crippen LogP contribution in [0.2, 0.25) is 0 Å². The number of hydrogen-bond donors (Lipinski definition) is 1. The molecule has 0 aromatic heterocycles. The summed E-state index contributed by atoms with van der Waals surface area (Å²) in [5, 5.41) is 2.87. The van der Waals surface area contributed by atoms with Gasteiger partial charge in [0.05, 0.1) is 7.11 Å². The normalized spacial score (nSPS) is 13.0. The average molecular weight is 350 g/mol. The molecule has 2 amide bonds. The third kappa shape index (κ3) is 3.77. The Labute approximate surface area is 153 Å². The molecule has 1 heterocycles. The van der Waals surface area contributed by atoms with E-state index in [0.29, 0.717) is 6.54 Å². The molecule has 0 atom stereocenters. The van der Waals surface area contributed by atoms with Crippen LogP contribution in [0.15, 0.2) is 42.5 Å². The molecule has 26 heavy (non-hydrogen) atoms. The summed E-state index contributed by atoms with van der Waals surface area (Å²) in [5.74, 6) is 0.548. The molecular formula is C21H22N2O3. The number of nitrogens with one attached hydrogen (secondary N) is 1. The zero-order valence-corrected chi connectivity index (χ0v) is 15.2. The lowest BCUT2D eigenvalue weighted by Gasteiger charge is -2.14. The topological polar surface area (TPSA) is 58.6 Å². The molecule has 5 heteroatoms. The number of benzene rings is 2. The second-order valence-corrected chi connectivity index (χ2v) is 6.33. The van der Waals surface area contributed by atoms with Crippen LogP contribution in [-0.2, 0) is 16.0 Å². The molecule has 134 valence electrons. The number of ether oxygens (including phenoxy) is 1. The van der Waals surface area contributed by atoms with Crippen LogP contribution in [0, 0.1) is 6.92 Å². The predicted molar refractivity (Wildman–Crippen MR) is 104 cm³/mol. The second-order valence-electron chi connectivity index (χ2n) is 6.33. The zero-order chi connectivity index (χ0) is 18.7. The van der Waals surface area contributed by atoms with Crippen molar-refractivity contribution in [2.24, 2.45) is 0 Å². The van der Waals surface area contributed by atoms with Crippen molar-refractivity contribution in [3.8, 4) is 5.75 Å². The Morgan fingerprint density at radius 2 is 2.00 bits per heavy atom. The zero-order valence-electron chi connectivity index (χ0n) is 15.2. The molecule has 5 nitrogen and oxygen atoms in total.